The van der Waals surface area contributed by atoms with Crippen molar-refractivity contribution in [3.05, 3.63) is 108 Å². The van der Waals surface area contributed by atoms with Gasteiger partial charge in [-0.2, -0.15) is 0 Å². The van der Waals surface area contributed by atoms with E-state index >= 15 is 0 Å². The van der Waals surface area contributed by atoms with E-state index in [1.807, 2.05) is 54.6 Å². The zero-order valence-corrected chi connectivity index (χ0v) is 16.0. The van der Waals surface area contributed by atoms with E-state index in [9.17, 15) is 9.59 Å². The lowest BCUT2D eigenvalue weighted by molar-refractivity contribution is 0.0658. The van der Waals surface area contributed by atoms with E-state index in [2.05, 4.69) is 6.58 Å². The van der Waals surface area contributed by atoms with Gasteiger partial charge in [-0.1, -0.05) is 61.2 Å². The molecule has 0 saturated heterocycles. The highest BCUT2D eigenvalue weighted by Gasteiger charge is 2.34. The predicted molar refractivity (Wildman–Crippen MR) is 113 cm³/mol. The minimum Gasteiger partial charge on any atom is -0.489 e. The normalized spacial score (nSPS) is 12.8. The summed E-state index contributed by atoms with van der Waals surface area (Å²) in [7, 11) is 0. The maximum Gasteiger partial charge on any atom is 0.261 e. The number of imide groups is 1. The molecule has 0 atom stereocenters. The summed E-state index contributed by atoms with van der Waals surface area (Å²) in [4.78, 5) is 26.3. The van der Waals surface area contributed by atoms with Gasteiger partial charge in [-0.05, 0) is 47.4 Å². The Morgan fingerprint density at radius 2 is 1.48 bits per heavy atom. The van der Waals surface area contributed by atoms with Crippen LogP contribution in [0.25, 0.3) is 5.57 Å². The van der Waals surface area contributed by atoms with Gasteiger partial charge in [0.2, 0.25) is 0 Å². The lowest BCUT2D eigenvalue weighted by atomic mass is 10.0. The van der Waals surface area contributed by atoms with Crippen LogP contribution in [-0.2, 0) is 6.61 Å². The lowest BCUT2D eigenvalue weighted by Crippen LogP contribution is -2.30. The van der Waals surface area contributed by atoms with Crippen molar-refractivity contribution in [2.75, 3.05) is 6.54 Å². The van der Waals surface area contributed by atoms with Gasteiger partial charge in [0.15, 0.2) is 0 Å². The lowest BCUT2D eigenvalue weighted by Gasteiger charge is -2.15. The summed E-state index contributed by atoms with van der Waals surface area (Å²) in [6.45, 7) is 4.94. The fourth-order valence-corrected chi connectivity index (χ4v) is 3.38. The van der Waals surface area contributed by atoms with Crippen LogP contribution in [0.5, 0.6) is 5.75 Å². The van der Waals surface area contributed by atoms with Crippen LogP contribution in [-0.4, -0.2) is 23.3 Å². The Morgan fingerprint density at radius 1 is 0.828 bits per heavy atom. The van der Waals surface area contributed by atoms with Gasteiger partial charge in [0, 0.05) is 6.54 Å². The van der Waals surface area contributed by atoms with E-state index in [1.54, 1.807) is 24.3 Å². The molecule has 1 heterocycles. The van der Waals surface area contributed by atoms with Crippen molar-refractivity contribution in [1.82, 2.24) is 4.90 Å². The quantitative estimate of drug-likeness (QED) is 0.542. The average molecular weight is 383 g/mol. The summed E-state index contributed by atoms with van der Waals surface area (Å²) in [5, 5.41) is 0. The highest BCUT2D eigenvalue weighted by molar-refractivity contribution is 6.21. The third kappa shape index (κ3) is 3.97. The van der Waals surface area contributed by atoms with E-state index in [1.165, 1.54) is 4.90 Å². The first-order chi connectivity index (χ1) is 14.1. The summed E-state index contributed by atoms with van der Waals surface area (Å²) in [6, 6.07) is 24.6. The molecule has 4 nitrogen and oxygen atoms in total. The molecule has 1 aliphatic rings. The molecule has 144 valence electrons. The fraction of sp³-hybridized carbons (Fsp3) is 0.120. The Hall–Kier alpha value is -3.66. The number of benzene rings is 3. The first-order valence-electron chi connectivity index (χ1n) is 9.53. The van der Waals surface area contributed by atoms with Crippen LogP contribution >= 0.6 is 0 Å². The number of fused-ring (bicyclic) bond motifs is 1. The minimum absolute atomic E-state index is 0.238. The molecule has 0 spiro atoms. The monoisotopic (exact) mass is 383 g/mol. The number of hydrogen-bond donors (Lipinski definition) is 0. The molecule has 0 unspecified atom stereocenters. The third-order valence-electron chi connectivity index (χ3n) is 5.01. The SMILES string of the molecule is C=C(CCN1C(=O)c2ccccc2C1=O)c1cccc(OCc2ccccc2)c1. The molecule has 1 aliphatic heterocycles. The predicted octanol–water partition coefficient (Wildman–Crippen LogP) is 4.97. The summed E-state index contributed by atoms with van der Waals surface area (Å²) < 4.78 is 5.88. The Balaban J connectivity index is 1.38. The molecule has 2 amide bonds. The second-order valence-electron chi connectivity index (χ2n) is 6.96. The second-order valence-corrected chi connectivity index (χ2v) is 6.96. The van der Waals surface area contributed by atoms with Crippen LogP contribution < -0.4 is 4.74 Å². The van der Waals surface area contributed by atoms with Crippen LogP contribution in [0.1, 0.15) is 38.3 Å². The molecule has 4 rings (SSSR count). The number of nitrogens with zero attached hydrogens (tertiary/aromatic N) is 1. The number of ether oxygens (including phenoxy) is 1. The Morgan fingerprint density at radius 3 is 2.17 bits per heavy atom. The van der Waals surface area contributed by atoms with E-state index < -0.39 is 0 Å². The zero-order chi connectivity index (χ0) is 20.2. The molecule has 0 N–H and O–H groups in total. The smallest absolute Gasteiger partial charge is 0.261 e. The number of carbonyl (C=O) groups is 2. The maximum atomic E-state index is 12.5. The number of hydrogen-bond acceptors (Lipinski definition) is 3. The van der Waals surface area contributed by atoms with Crippen molar-refractivity contribution in [1.29, 1.82) is 0 Å². The Kier molecular flexibility index (Phi) is 5.25. The highest BCUT2D eigenvalue weighted by Crippen LogP contribution is 2.26. The van der Waals surface area contributed by atoms with Gasteiger partial charge in [0.25, 0.3) is 11.8 Å². The van der Waals surface area contributed by atoms with Crippen molar-refractivity contribution in [3.8, 4) is 5.75 Å². The first kappa shape index (κ1) is 18.7. The molecular weight excluding hydrogens is 362 g/mol. The molecule has 3 aromatic carbocycles. The van der Waals surface area contributed by atoms with Crippen LogP contribution in [0.2, 0.25) is 0 Å². The molecule has 0 aliphatic carbocycles. The van der Waals surface area contributed by atoms with Crippen molar-refractivity contribution in [3.63, 3.8) is 0 Å². The molecule has 3 aromatic rings. The summed E-state index contributed by atoms with van der Waals surface area (Å²) >= 11 is 0. The molecular formula is C25H21NO3. The molecule has 29 heavy (non-hydrogen) atoms. The number of rotatable bonds is 7. The number of carbonyl (C=O) groups excluding carboxylic acids is 2. The van der Waals surface area contributed by atoms with Crippen molar-refractivity contribution < 1.29 is 14.3 Å². The van der Waals surface area contributed by atoms with Crippen LogP contribution in [0.4, 0.5) is 0 Å². The molecule has 0 aromatic heterocycles. The standard InChI is InChI=1S/C25H21NO3/c1-18(14-15-26-24(27)22-12-5-6-13-23(22)25(26)28)20-10-7-11-21(16-20)29-17-19-8-3-2-4-9-19/h2-13,16H,1,14-15,17H2. The van der Waals surface area contributed by atoms with Gasteiger partial charge in [0.1, 0.15) is 12.4 Å². The molecule has 0 radical (unpaired) electrons. The summed E-state index contributed by atoms with van der Waals surface area (Å²) in [5.41, 5.74) is 3.83. The molecule has 0 bridgehead atoms. The van der Waals surface area contributed by atoms with Crippen LogP contribution in [0.3, 0.4) is 0 Å². The van der Waals surface area contributed by atoms with Crippen LogP contribution in [0.15, 0.2) is 85.4 Å². The van der Waals surface area contributed by atoms with Gasteiger partial charge in [-0.25, -0.2) is 0 Å². The van der Waals surface area contributed by atoms with Gasteiger partial charge >= 0.3 is 0 Å². The topological polar surface area (TPSA) is 46.6 Å². The van der Waals surface area contributed by atoms with Gasteiger partial charge in [-0.3, -0.25) is 14.5 Å². The van der Waals surface area contributed by atoms with E-state index in [0.717, 1.165) is 22.4 Å². The van der Waals surface area contributed by atoms with Crippen molar-refractivity contribution in [2.45, 2.75) is 13.0 Å². The summed E-state index contributed by atoms with van der Waals surface area (Å²) in [6.07, 6.45) is 0.508. The Bertz CT molecular complexity index is 1040. The molecule has 0 fully saturated rings. The van der Waals surface area contributed by atoms with Crippen molar-refractivity contribution in [2.24, 2.45) is 0 Å². The maximum absolute atomic E-state index is 12.5. The Labute approximate surface area is 170 Å². The molecule has 0 saturated carbocycles. The van der Waals surface area contributed by atoms with Crippen molar-refractivity contribution >= 4 is 17.4 Å². The van der Waals surface area contributed by atoms with Gasteiger partial charge < -0.3 is 4.74 Å². The minimum atomic E-state index is -0.238. The van der Waals surface area contributed by atoms with Gasteiger partial charge in [-0.15, -0.1) is 0 Å². The second kappa shape index (κ2) is 8.15. The fourth-order valence-electron chi connectivity index (χ4n) is 3.38. The van der Waals surface area contributed by atoms with E-state index in [4.69, 9.17) is 4.74 Å². The highest BCUT2D eigenvalue weighted by atomic mass is 16.5. The first-order valence-corrected chi connectivity index (χ1v) is 9.53. The summed E-state index contributed by atoms with van der Waals surface area (Å²) in [5.74, 6) is 0.282. The largest absolute Gasteiger partial charge is 0.489 e. The zero-order valence-electron chi connectivity index (χ0n) is 16.0. The van der Waals surface area contributed by atoms with E-state index in [-0.39, 0.29) is 11.8 Å². The average Bonchev–Trinajstić information content (AvgIpc) is 3.01. The third-order valence-corrected chi connectivity index (χ3v) is 5.01. The number of amides is 2. The van der Waals surface area contributed by atoms with Crippen LogP contribution in [0, 0.1) is 0 Å². The van der Waals surface area contributed by atoms with Gasteiger partial charge in [0.05, 0.1) is 11.1 Å². The molecule has 4 heteroatoms. The van der Waals surface area contributed by atoms with E-state index in [0.29, 0.717) is 30.7 Å².